The second-order valence-corrected chi connectivity index (χ2v) is 11.0. The highest BCUT2D eigenvalue weighted by Crippen LogP contribution is 2.34. The topological polar surface area (TPSA) is 71.0 Å². The first-order chi connectivity index (χ1) is 13.2. The molecule has 0 aliphatic carbocycles. The number of ether oxygens (including phenoxy) is 1. The van der Waals surface area contributed by atoms with E-state index in [9.17, 15) is 12.8 Å². The molecule has 0 radical (unpaired) electrons. The Morgan fingerprint density at radius 1 is 1.24 bits per heavy atom. The summed E-state index contributed by atoms with van der Waals surface area (Å²) in [5.41, 5.74) is 0.918. The van der Waals surface area contributed by atoms with Gasteiger partial charge in [0.15, 0.2) is 15.8 Å². The molecule has 0 unspecified atom stereocenters. The van der Waals surface area contributed by atoms with Crippen molar-refractivity contribution >= 4 is 39.8 Å². The van der Waals surface area contributed by atoms with Crippen LogP contribution in [-0.4, -0.2) is 69.7 Å². The number of aliphatic imine (C=N–C) groups is 1. The second kappa shape index (κ2) is 9.47. The number of sulfone groups is 1. The van der Waals surface area contributed by atoms with Gasteiger partial charge in [-0.15, -0.1) is 24.0 Å². The summed E-state index contributed by atoms with van der Waals surface area (Å²) >= 11 is 0. The molecular weight excluding hydrogens is 508 g/mol. The van der Waals surface area contributed by atoms with Gasteiger partial charge in [0, 0.05) is 45.3 Å². The van der Waals surface area contributed by atoms with Crippen LogP contribution in [0, 0.1) is 5.82 Å². The Morgan fingerprint density at radius 3 is 2.41 bits per heavy atom. The molecule has 29 heavy (non-hydrogen) atoms. The first-order valence-corrected chi connectivity index (χ1v) is 11.4. The Balaban J connectivity index is 0.00000300. The summed E-state index contributed by atoms with van der Waals surface area (Å²) in [6.45, 7) is 6.32. The molecule has 0 bridgehead atoms. The smallest absolute Gasteiger partial charge is 0.193 e. The van der Waals surface area contributed by atoms with Crippen LogP contribution in [0.5, 0.6) is 0 Å². The second-order valence-electron chi connectivity index (χ2n) is 8.30. The van der Waals surface area contributed by atoms with Gasteiger partial charge in [0.25, 0.3) is 0 Å². The van der Waals surface area contributed by atoms with Crippen molar-refractivity contribution in [3.63, 3.8) is 0 Å². The Bertz CT molecular complexity index is 822. The zero-order valence-electron chi connectivity index (χ0n) is 17.3. The van der Waals surface area contributed by atoms with Crippen molar-refractivity contribution in [2.24, 2.45) is 4.99 Å². The zero-order valence-corrected chi connectivity index (χ0v) is 20.4. The lowest BCUT2D eigenvalue weighted by molar-refractivity contribution is 0.0511. The predicted molar refractivity (Wildman–Crippen MR) is 124 cm³/mol. The highest BCUT2D eigenvalue weighted by atomic mass is 127. The van der Waals surface area contributed by atoms with Gasteiger partial charge in [-0.05, 0) is 44.4 Å². The van der Waals surface area contributed by atoms with Crippen LogP contribution < -0.4 is 5.32 Å². The lowest BCUT2D eigenvalue weighted by atomic mass is 9.74. The molecular formula is C20H31FIN3O3S. The molecule has 2 saturated heterocycles. The number of hydrogen-bond donors (Lipinski definition) is 1. The van der Waals surface area contributed by atoms with E-state index < -0.39 is 14.6 Å². The summed E-state index contributed by atoms with van der Waals surface area (Å²) in [5.74, 6) is 0.583. The molecule has 2 aliphatic heterocycles. The third kappa shape index (κ3) is 5.22. The van der Waals surface area contributed by atoms with E-state index >= 15 is 0 Å². The maximum Gasteiger partial charge on any atom is 0.193 e. The van der Waals surface area contributed by atoms with E-state index in [2.05, 4.69) is 10.3 Å². The summed E-state index contributed by atoms with van der Waals surface area (Å²) in [6.07, 6.45) is 1.67. The summed E-state index contributed by atoms with van der Waals surface area (Å²) in [6, 6.07) is 6.70. The standard InChI is InChI=1S/C20H30FN3O3S.HI/c1-19(2)15-24(10-13-28(19,25)26)18(22-3)23-14-20(8-11-27-12-9-20)16-4-6-17(21)7-5-16;/h4-7H,8-15H2,1-3H3,(H,22,23);1H. The van der Waals surface area contributed by atoms with Crippen LogP contribution in [0.15, 0.2) is 29.3 Å². The van der Waals surface area contributed by atoms with Gasteiger partial charge in [0.1, 0.15) is 5.82 Å². The van der Waals surface area contributed by atoms with Crippen molar-refractivity contribution in [3.05, 3.63) is 35.6 Å². The minimum absolute atomic E-state index is 0. The molecule has 164 valence electrons. The molecule has 2 heterocycles. The molecule has 1 N–H and O–H groups in total. The van der Waals surface area contributed by atoms with Crippen molar-refractivity contribution in [1.82, 2.24) is 10.2 Å². The van der Waals surface area contributed by atoms with Crippen LogP contribution in [0.1, 0.15) is 32.3 Å². The molecule has 3 rings (SSSR count). The van der Waals surface area contributed by atoms with Crippen LogP contribution in [0.4, 0.5) is 4.39 Å². The Kier molecular flexibility index (Phi) is 7.94. The van der Waals surface area contributed by atoms with Crippen LogP contribution in [0.2, 0.25) is 0 Å². The molecule has 6 nitrogen and oxygen atoms in total. The normalized spacial score (nSPS) is 23.2. The molecule has 2 fully saturated rings. The number of halogens is 2. The van der Waals surface area contributed by atoms with E-state index in [0.717, 1.165) is 18.4 Å². The van der Waals surface area contributed by atoms with E-state index in [4.69, 9.17) is 4.74 Å². The van der Waals surface area contributed by atoms with Gasteiger partial charge in [0.05, 0.1) is 10.5 Å². The average molecular weight is 539 g/mol. The quantitative estimate of drug-likeness (QED) is 0.364. The first kappa shape index (κ1) is 24.3. The fourth-order valence-electron chi connectivity index (χ4n) is 4.04. The van der Waals surface area contributed by atoms with E-state index in [0.29, 0.717) is 38.8 Å². The number of nitrogens with zero attached hydrogens (tertiary/aromatic N) is 2. The molecule has 0 spiro atoms. The van der Waals surface area contributed by atoms with Gasteiger partial charge in [0.2, 0.25) is 0 Å². The summed E-state index contributed by atoms with van der Waals surface area (Å²) in [7, 11) is -1.39. The molecule has 0 aromatic heterocycles. The fraction of sp³-hybridized carbons (Fsp3) is 0.650. The van der Waals surface area contributed by atoms with Crippen LogP contribution >= 0.6 is 24.0 Å². The zero-order chi connectivity index (χ0) is 20.4. The van der Waals surface area contributed by atoms with E-state index in [1.165, 1.54) is 12.1 Å². The number of nitrogens with one attached hydrogen (secondary N) is 1. The van der Waals surface area contributed by atoms with Crippen molar-refractivity contribution in [2.75, 3.05) is 45.6 Å². The monoisotopic (exact) mass is 539 g/mol. The van der Waals surface area contributed by atoms with Crippen molar-refractivity contribution in [2.45, 2.75) is 36.9 Å². The molecule has 1 aromatic rings. The Labute approximate surface area is 190 Å². The van der Waals surface area contributed by atoms with Crippen molar-refractivity contribution in [1.29, 1.82) is 0 Å². The lowest BCUT2D eigenvalue weighted by Crippen LogP contribution is -2.58. The van der Waals surface area contributed by atoms with Crippen LogP contribution in [-0.2, 0) is 20.0 Å². The van der Waals surface area contributed by atoms with Gasteiger partial charge in [-0.2, -0.15) is 0 Å². The number of rotatable bonds is 3. The summed E-state index contributed by atoms with van der Waals surface area (Å²) in [4.78, 5) is 6.41. The summed E-state index contributed by atoms with van der Waals surface area (Å²) < 4.78 is 42.8. The molecule has 2 aliphatic rings. The Hall–Kier alpha value is -0.940. The third-order valence-corrected chi connectivity index (χ3v) is 8.58. The van der Waals surface area contributed by atoms with Gasteiger partial charge in [-0.3, -0.25) is 4.99 Å². The van der Waals surface area contributed by atoms with Gasteiger partial charge >= 0.3 is 0 Å². The Morgan fingerprint density at radius 2 is 1.86 bits per heavy atom. The molecule has 0 atom stereocenters. The predicted octanol–water partition coefficient (Wildman–Crippen LogP) is 2.58. The minimum atomic E-state index is -3.11. The van der Waals surface area contributed by atoms with Crippen LogP contribution in [0.25, 0.3) is 0 Å². The lowest BCUT2D eigenvalue weighted by Gasteiger charge is -2.42. The molecule has 0 saturated carbocycles. The number of hydrogen-bond acceptors (Lipinski definition) is 4. The SMILES string of the molecule is CN=C(NCC1(c2ccc(F)cc2)CCOCC1)N1CCS(=O)(=O)C(C)(C)C1.I. The van der Waals surface area contributed by atoms with Crippen molar-refractivity contribution < 1.29 is 17.5 Å². The molecule has 1 aromatic carbocycles. The highest BCUT2D eigenvalue weighted by Gasteiger charge is 2.41. The highest BCUT2D eigenvalue weighted by molar-refractivity contribution is 14.0. The maximum absolute atomic E-state index is 13.4. The average Bonchev–Trinajstić information content (AvgIpc) is 2.66. The maximum atomic E-state index is 13.4. The van der Waals surface area contributed by atoms with Gasteiger partial charge in [-0.25, -0.2) is 12.8 Å². The van der Waals surface area contributed by atoms with E-state index in [1.54, 1.807) is 20.9 Å². The fourth-order valence-corrected chi connectivity index (χ4v) is 5.40. The van der Waals surface area contributed by atoms with E-state index in [1.807, 2.05) is 17.0 Å². The van der Waals surface area contributed by atoms with Crippen molar-refractivity contribution in [3.8, 4) is 0 Å². The third-order valence-electron chi connectivity index (χ3n) is 6.05. The first-order valence-electron chi connectivity index (χ1n) is 9.71. The molecule has 0 amide bonds. The summed E-state index contributed by atoms with van der Waals surface area (Å²) in [5, 5.41) is 3.46. The molecule has 9 heteroatoms. The van der Waals surface area contributed by atoms with Gasteiger partial charge < -0.3 is 15.0 Å². The van der Waals surface area contributed by atoms with E-state index in [-0.39, 0.29) is 41.0 Å². The number of benzene rings is 1. The minimum Gasteiger partial charge on any atom is -0.381 e. The number of guanidine groups is 1. The van der Waals surface area contributed by atoms with Crippen LogP contribution in [0.3, 0.4) is 0 Å². The van der Waals surface area contributed by atoms with Gasteiger partial charge in [-0.1, -0.05) is 12.1 Å². The largest absolute Gasteiger partial charge is 0.381 e.